The molecule has 0 saturated heterocycles. The minimum atomic E-state index is -6.39. The first-order valence-corrected chi connectivity index (χ1v) is 5.76. The van der Waals surface area contributed by atoms with E-state index in [-0.39, 0.29) is 0 Å². The fourth-order valence-electron chi connectivity index (χ4n) is 1.13. The Morgan fingerprint density at radius 1 is 1.17 bits per heavy atom. The predicted molar refractivity (Wildman–Crippen MR) is 58.8 cm³/mol. The molecule has 4 nitrogen and oxygen atoms in total. The van der Waals surface area contributed by atoms with Gasteiger partial charge in [-0.15, -0.1) is 0 Å². The van der Waals surface area contributed by atoms with Crippen LogP contribution in [0.15, 0.2) is 12.7 Å². The lowest BCUT2D eigenvalue weighted by molar-refractivity contribution is -0.346. The van der Waals surface area contributed by atoms with Gasteiger partial charge in [0.15, 0.2) is 0 Å². The Hall–Kier alpha value is -1.43. The molecule has 0 rings (SSSR count). The number of aliphatic hydroxyl groups is 1. The van der Waals surface area contributed by atoms with E-state index < -0.39 is 56.1 Å². The topological polar surface area (TPSA) is 55.8 Å². The quantitative estimate of drug-likeness (QED) is 0.369. The Morgan fingerprint density at radius 2 is 1.70 bits per heavy atom. The molecule has 0 radical (unpaired) electrons. The molecule has 0 aromatic heterocycles. The summed E-state index contributed by atoms with van der Waals surface area (Å²) in [5.74, 6) is -19.4. The lowest BCUT2D eigenvalue weighted by Gasteiger charge is -2.32. The zero-order chi connectivity index (χ0) is 18.5. The molecule has 0 aliphatic carbocycles. The van der Waals surface area contributed by atoms with Crippen molar-refractivity contribution in [3.63, 3.8) is 0 Å². The van der Waals surface area contributed by atoms with Crippen LogP contribution in [0, 0.1) is 0 Å². The van der Waals surface area contributed by atoms with E-state index in [1.165, 1.54) is 0 Å². The van der Waals surface area contributed by atoms with Gasteiger partial charge < -0.3 is 14.6 Å². The fourth-order valence-corrected chi connectivity index (χ4v) is 1.13. The molecule has 0 saturated carbocycles. The summed E-state index contributed by atoms with van der Waals surface area (Å²) in [7, 11) is 0. The van der Waals surface area contributed by atoms with E-state index in [0.29, 0.717) is 6.08 Å². The highest BCUT2D eigenvalue weighted by Gasteiger charge is 2.75. The third kappa shape index (κ3) is 5.03. The molecule has 136 valence electrons. The minimum Gasteiger partial charge on any atom is -0.454 e. The van der Waals surface area contributed by atoms with Crippen LogP contribution >= 0.6 is 0 Å². The fraction of sp³-hybridized carbons (Fsp3) is 0.727. The number of aliphatic hydroxyl groups excluding tert-OH is 1. The molecule has 0 spiro atoms. The number of carbonyl (C=O) groups excluding carboxylic acids is 1. The second-order valence-electron chi connectivity index (χ2n) is 4.16. The van der Waals surface area contributed by atoms with Crippen LogP contribution in [0.25, 0.3) is 0 Å². The van der Waals surface area contributed by atoms with Gasteiger partial charge in [0.1, 0.15) is 12.7 Å². The average Bonchev–Trinajstić information content (AvgIpc) is 2.44. The molecule has 0 fully saturated rings. The summed E-state index contributed by atoms with van der Waals surface area (Å²) in [5.41, 5.74) is 0. The van der Waals surface area contributed by atoms with Crippen LogP contribution in [0.2, 0.25) is 0 Å². The molecule has 1 unspecified atom stereocenters. The first-order valence-electron chi connectivity index (χ1n) is 5.76. The molecule has 0 aliphatic rings. The number of ether oxygens (including phenoxy) is 2. The van der Waals surface area contributed by atoms with Crippen LogP contribution in [-0.4, -0.2) is 61.2 Å². The third-order valence-corrected chi connectivity index (χ3v) is 2.39. The van der Waals surface area contributed by atoms with Gasteiger partial charge in [-0.3, -0.25) is 0 Å². The van der Waals surface area contributed by atoms with Crippen molar-refractivity contribution >= 4 is 5.97 Å². The maximum atomic E-state index is 13.1. The molecule has 1 N–H and O–H groups in total. The predicted octanol–water partition coefficient (Wildman–Crippen LogP) is 2.26. The maximum absolute atomic E-state index is 13.1. The minimum absolute atomic E-state index is 0.634. The van der Waals surface area contributed by atoms with Crippen LogP contribution < -0.4 is 0 Å². The van der Waals surface area contributed by atoms with Gasteiger partial charge in [-0.2, -0.15) is 26.3 Å². The van der Waals surface area contributed by atoms with Crippen LogP contribution in [0.1, 0.15) is 0 Å². The summed E-state index contributed by atoms with van der Waals surface area (Å²) in [6, 6.07) is 0. The first-order chi connectivity index (χ1) is 10.3. The van der Waals surface area contributed by atoms with Crippen molar-refractivity contribution in [1.29, 1.82) is 0 Å². The van der Waals surface area contributed by atoms with Crippen LogP contribution in [0.5, 0.6) is 0 Å². The molecule has 12 heteroatoms. The number of alkyl halides is 8. The summed E-state index contributed by atoms with van der Waals surface area (Å²) in [5, 5.41) is 8.72. The van der Waals surface area contributed by atoms with Crippen molar-refractivity contribution in [2.75, 3.05) is 19.8 Å². The molecular formula is C11H12F8O4. The summed E-state index contributed by atoms with van der Waals surface area (Å²) < 4.78 is 109. The normalized spacial score (nSPS) is 14.7. The van der Waals surface area contributed by atoms with Gasteiger partial charge in [0.2, 0.25) is 0 Å². The summed E-state index contributed by atoms with van der Waals surface area (Å²) in [4.78, 5) is 10.7. The Kier molecular flexibility index (Phi) is 7.41. The Balaban J connectivity index is 4.80. The van der Waals surface area contributed by atoms with Gasteiger partial charge in [-0.1, -0.05) is 6.58 Å². The second-order valence-corrected chi connectivity index (χ2v) is 4.16. The third-order valence-electron chi connectivity index (χ3n) is 2.39. The van der Waals surface area contributed by atoms with Gasteiger partial charge in [0, 0.05) is 6.08 Å². The summed E-state index contributed by atoms with van der Waals surface area (Å²) in [6.45, 7) is -1.43. The van der Waals surface area contributed by atoms with Crippen molar-refractivity contribution < 1.29 is 54.5 Å². The van der Waals surface area contributed by atoms with E-state index in [2.05, 4.69) is 16.1 Å². The smallest absolute Gasteiger partial charge is 0.380 e. The van der Waals surface area contributed by atoms with Gasteiger partial charge in [-0.25, -0.2) is 13.6 Å². The summed E-state index contributed by atoms with van der Waals surface area (Å²) >= 11 is 0. The lowest BCUT2D eigenvalue weighted by atomic mass is 10.1. The molecule has 0 bridgehead atoms. The van der Waals surface area contributed by atoms with Gasteiger partial charge in [0.05, 0.1) is 13.2 Å². The average molecular weight is 360 g/mol. The van der Waals surface area contributed by atoms with E-state index >= 15 is 0 Å². The Morgan fingerprint density at radius 3 is 2.09 bits per heavy atom. The number of rotatable bonds is 10. The Bertz CT molecular complexity index is 413. The summed E-state index contributed by atoms with van der Waals surface area (Å²) in [6.07, 6.45) is -5.96. The molecule has 0 aliphatic heterocycles. The first kappa shape index (κ1) is 21.6. The SMILES string of the molecule is C=CC(=O)OC(CO)COCC(F)(F)C(F)(F)C(F)(F)C(F)F. The molecule has 23 heavy (non-hydrogen) atoms. The van der Waals surface area contributed by atoms with Gasteiger partial charge in [0.25, 0.3) is 0 Å². The van der Waals surface area contributed by atoms with E-state index in [9.17, 15) is 39.9 Å². The molecule has 0 amide bonds. The van der Waals surface area contributed by atoms with Crippen molar-refractivity contribution in [2.24, 2.45) is 0 Å². The highest BCUT2D eigenvalue weighted by molar-refractivity contribution is 5.81. The highest BCUT2D eigenvalue weighted by Crippen LogP contribution is 2.48. The number of esters is 1. The van der Waals surface area contributed by atoms with Gasteiger partial charge >= 0.3 is 30.2 Å². The van der Waals surface area contributed by atoms with Crippen molar-refractivity contribution in [3.05, 3.63) is 12.7 Å². The number of hydrogen-bond donors (Lipinski definition) is 1. The van der Waals surface area contributed by atoms with Crippen molar-refractivity contribution in [2.45, 2.75) is 30.3 Å². The van der Waals surface area contributed by atoms with E-state index in [4.69, 9.17) is 5.11 Å². The second kappa shape index (κ2) is 7.90. The maximum Gasteiger partial charge on any atom is 0.380 e. The molecular weight excluding hydrogens is 348 g/mol. The zero-order valence-electron chi connectivity index (χ0n) is 11.3. The van der Waals surface area contributed by atoms with E-state index in [1.807, 2.05) is 0 Å². The largest absolute Gasteiger partial charge is 0.454 e. The van der Waals surface area contributed by atoms with E-state index in [0.717, 1.165) is 0 Å². The lowest BCUT2D eigenvalue weighted by Crippen LogP contribution is -2.59. The van der Waals surface area contributed by atoms with Gasteiger partial charge in [-0.05, 0) is 0 Å². The number of hydrogen-bond acceptors (Lipinski definition) is 4. The molecule has 1 atom stereocenters. The van der Waals surface area contributed by atoms with Crippen molar-refractivity contribution in [3.8, 4) is 0 Å². The highest BCUT2D eigenvalue weighted by atomic mass is 19.4. The van der Waals surface area contributed by atoms with Crippen molar-refractivity contribution in [1.82, 2.24) is 0 Å². The monoisotopic (exact) mass is 360 g/mol. The van der Waals surface area contributed by atoms with Crippen LogP contribution in [-0.2, 0) is 14.3 Å². The number of halogens is 8. The zero-order valence-corrected chi connectivity index (χ0v) is 11.3. The van der Waals surface area contributed by atoms with E-state index in [1.54, 1.807) is 0 Å². The Labute approximate surface area is 124 Å². The molecule has 0 aromatic rings. The molecule has 0 aromatic carbocycles. The molecule has 0 heterocycles. The van der Waals surface area contributed by atoms with Crippen LogP contribution in [0.4, 0.5) is 35.1 Å². The standard InChI is InChI=1S/C11H12F8O4/c1-2-7(21)23-6(3-20)4-22-5-9(14,15)11(18,19)10(16,17)8(12)13/h2,6,8,20H,1,3-5H2. The number of carbonyl (C=O) groups is 1. The van der Waals surface area contributed by atoms with Crippen LogP contribution in [0.3, 0.4) is 0 Å².